The smallest absolute Gasteiger partial charge is 0.416 e. The van der Waals surface area contributed by atoms with Crippen molar-refractivity contribution in [3.63, 3.8) is 0 Å². The Morgan fingerprint density at radius 1 is 0.927 bits per heavy atom. The number of nitrogens with zero attached hydrogens (tertiary/aromatic N) is 2. The Labute approximate surface area is 324 Å². The normalized spacial score (nSPS) is 37.0. The molecule has 55 heavy (non-hydrogen) atoms. The molecule has 0 radical (unpaired) electrons. The Morgan fingerprint density at radius 2 is 1.64 bits per heavy atom. The lowest BCUT2D eigenvalue weighted by atomic mass is 9.32. The van der Waals surface area contributed by atoms with E-state index >= 15 is 4.79 Å². The molecule has 2 aromatic carbocycles. The van der Waals surface area contributed by atoms with Gasteiger partial charge in [0.2, 0.25) is 5.78 Å². The molecule has 292 valence electrons. The molecule has 11 heteroatoms. The van der Waals surface area contributed by atoms with Crippen LogP contribution in [0.15, 0.2) is 82.8 Å². The standard InChI is InChI=1S/C44H48ClF3N2O5/c1-39-14-11-28(51)24-41(39)17-18-43(30(25-41)38(53)35-10-9-34(55-35)29-23-27(44(46,47)48)7-8-31(29)45)36(39)12-15-40(2)37(43)13-16-42(40,54)26-49-19-21-50(22-20-49)32-5-3-4-6-33(32)52/h3-10,17-18,23,25,28,36-37,51-52,54H,11-16,19-22,24,26H2,1-2H3. The number of carbonyl (C=O) groups is 1. The number of Topliss-reactive ketones (excluding diaryl/α,β-unsaturated/α-hetero) is 1. The van der Waals surface area contributed by atoms with E-state index in [1.54, 1.807) is 6.07 Å². The number of rotatable bonds is 6. The van der Waals surface area contributed by atoms with Crippen molar-refractivity contribution in [1.82, 2.24) is 4.90 Å². The van der Waals surface area contributed by atoms with Crippen molar-refractivity contribution in [2.24, 2.45) is 33.5 Å². The van der Waals surface area contributed by atoms with Crippen LogP contribution in [0.5, 0.6) is 5.75 Å². The van der Waals surface area contributed by atoms with Gasteiger partial charge in [0.25, 0.3) is 0 Å². The molecule has 7 aliphatic rings. The molecule has 4 fully saturated rings. The lowest BCUT2D eigenvalue weighted by molar-refractivity contribution is -0.176. The third kappa shape index (κ3) is 5.30. The van der Waals surface area contributed by atoms with Crippen molar-refractivity contribution in [3.05, 3.63) is 94.7 Å². The fraction of sp³-hybridized carbons (Fsp3) is 0.523. The summed E-state index contributed by atoms with van der Waals surface area (Å²) in [6.07, 6.45) is 6.46. The molecule has 1 aromatic heterocycles. The summed E-state index contributed by atoms with van der Waals surface area (Å²) in [5.41, 5.74) is -2.39. The summed E-state index contributed by atoms with van der Waals surface area (Å²) in [7, 11) is 0. The number of hydrogen-bond donors (Lipinski definition) is 3. The van der Waals surface area contributed by atoms with Crippen LogP contribution in [0.25, 0.3) is 11.3 Å². The van der Waals surface area contributed by atoms with Gasteiger partial charge in [0.05, 0.1) is 28.0 Å². The number of phenolic OH excluding ortho intramolecular Hbond substituents is 1. The highest BCUT2D eigenvalue weighted by Gasteiger charge is 2.74. The molecule has 3 saturated carbocycles. The first-order valence-electron chi connectivity index (χ1n) is 19.6. The van der Waals surface area contributed by atoms with Crippen LogP contribution < -0.4 is 4.90 Å². The van der Waals surface area contributed by atoms with Gasteiger partial charge in [0.1, 0.15) is 11.5 Å². The molecule has 6 aliphatic carbocycles. The van der Waals surface area contributed by atoms with Crippen LogP contribution in [0.3, 0.4) is 0 Å². The molecule has 10 rings (SSSR count). The second-order valence-electron chi connectivity index (χ2n) is 17.7. The molecule has 8 atom stereocenters. The summed E-state index contributed by atoms with van der Waals surface area (Å²) in [4.78, 5) is 19.6. The number of para-hydroxylation sites is 2. The first-order valence-corrected chi connectivity index (χ1v) is 20.0. The number of β-amino-alcohol motifs (C(OH)–C–C–N with tert-alkyl or cyclic N) is 1. The van der Waals surface area contributed by atoms with E-state index in [0.717, 1.165) is 69.7 Å². The van der Waals surface area contributed by atoms with Gasteiger partial charge >= 0.3 is 6.18 Å². The van der Waals surface area contributed by atoms with Gasteiger partial charge in [-0.25, -0.2) is 0 Å². The molecule has 2 spiro atoms. The van der Waals surface area contributed by atoms with E-state index in [-0.39, 0.29) is 50.9 Å². The second kappa shape index (κ2) is 12.5. The summed E-state index contributed by atoms with van der Waals surface area (Å²) in [5.74, 6) is 0.0706. The zero-order chi connectivity index (χ0) is 38.8. The van der Waals surface area contributed by atoms with Crippen molar-refractivity contribution < 1.29 is 37.7 Å². The average molecular weight is 777 g/mol. The lowest BCUT2D eigenvalue weighted by Gasteiger charge is -2.71. The first-order chi connectivity index (χ1) is 26.0. The fourth-order valence-electron chi connectivity index (χ4n) is 12.5. The Kier molecular flexibility index (Phi) is 8.39. The number of benzene rings is 2. The van der Waals surface area contributed by atoms with Crippen molar-refractivity contribution in [3.8, 4) is 17.1 Å². The number of alkyl halides is 3. The van der Waals surface area contributed by atoms with E-state index in [0.29, 0.717) is 31.4 Å². The maximum atomic E-state index is 15.0. The monoisotopic (exact) mass is 776 g/mol. The zero-order valence-electron chi connectivity index (χ0n) is 31.2. The van der Waals surface area contributed by atoms with E-state index in [4.69, 9.17) is 16.0 Å². The number of carbonyl (C=O) groups excluding carboxylic acids is 1. The van der Waals surface area contributed by atoms with Crippen molar-refractivity contribution >= 4 is 23.1 Å². The van der Waals surface area contributed by atoms with E-state index < -0.39 is 39.7 Å². The predicted octanol–water partition coefficient (Wildman–Crippen LogP) is 8.92. The van der Waals surface area contributed by atoms with Crippen LogP contribution in [-0.4, -0.2) is 70.4 Å². The highest BCUT2D eigenvalue weighted by Crippen LogP contribution is 2.78. The minimum absolute atomic E-state index is 0.0288. The summed E-state index contributed by atoms with van der Waals surface area (Å²) < 4.78 is 47.1. The molecule has 1 aliphatic heterocycles. The number of phenols is 1. The van der Waals surface area contributed by atoms with Gasteiger partial charge in [-0.3, -0.25) is 9.69 Å². The third-order valence-corrected chi connectivity index (χ3v) is 15.8. The Balaban J connectivity index is 1.06. The third-order valence-electron chi connectivity index (χ3n) is 15.4. The van der Waals surface area contributed by atoms with Crippen LogP contribution in [0.2, 0.25) is 5.02 Å². The quantitative estimate of drug-likeness (QED) is 0.170. The highest BCUT2D eigenvalue weighted by atomic mass is 35.5. The summed E-state index contributed by atoms with van der Waals surface area (Å²) in [5, 5.41) is 34.5. The molecule has 2 heterocycles. The molecule has 1 saturated heterocycles. The number of aromatic hydroxyl groups is 1. The number of ketones is 1. The Morgan fingerprint density at radius 3 is 2.38 bits per heavy atom. The Bertz CT molecular complexity index is 2110. The molecular formula is C44H48ClF3N2O5. The minimum atomic E-state index is -4.58. The van der Waals surface area contributed by atoms with E-state index in [2.05, 4.69) is 41.9 Å². The number of allylic oxidation sites excluding steroid dienone is 4. The minimum Gasteiger partial charge on any atom is -0.506 e. The topological polar surface area (TPSA) is 97.4 Å². The maximum absolute atomic E-state index is 15.0. The first kappa shape index (κ1) is 37.0. The number of aliphatic hydroxyl groups excluding tert-OH is 1. The van der Waals surface area contributed by atoms with Crippen molar-refractivity contribution in [1.29, 1.82) is 0 Å². The van der Waals surface area contributed by atoms with E-state index in [9.17, 15) is 28.5 Å². The molecule has 7 nitrogen and oxygen atoms in total. The number of furan rings is 1. The van der Waals surface area contributed by atoms with Gasteiger partial charge < -0.3 is 24.6 Å². The van der Waals surface area contributed by atoms with Gasteiger partial charge in [-0.2, -0.15) is 13.2 Å². The largest absolute Gasteiger partial charge is 0.506 e. The zero-order valence-corrected chi connectivity index (χ0v) is 32.0. The van der Waals surface area contributed by atoms with Crippen LogP contribution in [0, 0.1) is 33.5 Å². The molecule has 2 bridgehead atoms. The van der Waals surface area contributed by atoms with Gasteiger partial charge in [-0.05, 0) is 105 Å². The van der Waals surface area contributed by atoms with Gasteiger partial charge in [0, 0.05) is 60.1 Å². The van der Waals surface area contributed by atoms with Gasteiger partial charge in [-0.1, -0.05) is 55.8 Å². The lowest BCUT2D eigenvalue weighted by Crippen LogP contribution is -2.67. The van der Waals surface area contributed by atoms with Gasteiger partial charge in [-0.15, -0.1) is 0 Å². The van der Waals surface area contributed by atoms with Crippen LogP contribution >= 0.6 is 11.6 Å². The molecule has 3 aromatic rings. The van der Waals surface area contributed by atoms with Gasteiger partial charge in [0.15, 0.2) is 5.76 Å². The van der Waals surface area contributed by atoms with Crippen LogP contribution in [0.4, 0.5) is 18.9 Å². The van der Waals surface area contributed by atoms with Crippen molar-refractivity contribution in [2.75, 3.05) is 37.6 Å². The predicted molar refractivity (Wildman–Crippen MR) is 204 cm³/mol. The average Bonchev–Trinajstić information content (AvgIpc) is 3.74. The Hall–Kier alpha value is -3.57. The SMILES string of the molecule is CC12CCC(O)CC13C=CC1(C(C(=O)c4ccc(-c5cc(C(F)(F)F)ccc5Cl)o4)=C3)C2CCC2(C)C1CCC2(O)CN1CCN(c2ccccc2O)CC1. The number of piperazine rings is 1. The number of aliphatic hydroxyl groups is 2. The summed E-state index contributed by atoms with van der Waals surface area (Å²) >= 11 is 6.38. The number of fused-ring (bicyclic) bond motifs is 1. The second-order valence-corrected chi connectivity index (χ2v) is 18.2. The van der Waals surface area contributed by atoms with Crippen LogP contribution in [-0.2, 0) is 6.18 Å². The molecule has 3 N–H and O–H groups in total. The number of hydrogen-bond acceptors (Lipinski definition) is 7. The molecule has 8 unspecified atom stereocenters. The molecular weight excluding hydrogens is 729 g/mol. The highest BCUT2D eigenvalue weighted by molar-refractivity contribution is 6.33. The number of anilines is 1. The fourth-order valence-corrected chi connectivity index (χ4v) is 12.7. The molecule has 0 amide bonds. The van der Waals surface area contributed by atoms with Crippen LogP contribution in [0.1, 0.15) is 74.9 Å². The van der Waals surface area contributed by atoms with E-state index in [1.165, 1.54) is 18.2 Å². The maximum Gasteiger partial charge on any atom is 0.416 e. The summed E-state index contributed by atoms with van der Waals surface area (Å²) in [6.45, 7) is 8.00. The van der Waals surface area contributed by atoms with Crippen molar-refractivity contribution in [2.45, 2.75) is 76.7 Å². The number of halogens is 4. The van der Waals surface area contributed by atoms with E-state index in [1.807, 2.05) is 18.2 Å². The summed E-state index contributed by atoms with van der Waals surface area (Å²) in [6, 6.07) is 13.5.